The van der Waals surface area contributed by atoms with Crippen molar-refractivity contribution >= 4 is 29.4 Å². The first-order valence-electron chi connectivity index (χ1n) is 4.56. The van der Waals surface area contributed by atoms with Crippen LogP contribution in [0.2, 0.25) is 0 Å². The van der Waals surface area contributed by atoms with Crippen molar-refractivity contribution in [3.8, 4) is 0 Å². The smallest absolute Gasteiger partial charge is 0.334 e. The summed E-state index contributed by atoms with van der Waals surface area (Å²) in [5.41, 5.74) is 0.289. The van der Waals surface area contributed by atoms with Gasteiger partial charge in [-0.2, -0.15) is 0 Å². The van der Waals surface area contributed by atoms with Crippen molar-refractivity contribution in [2.45, 2.75) is 6.42 Å². The van der Waals surface area contributed by atoms with Crippen LogP contribution in [0.15, 0.2) is 23.1 Å². The van der Waals surface area contributed by atoms with Crippen molar-refractivity contribution in [1.29, 1.82) is 0 Å². The molecule has 86 valence electrons. The number of carbonyl (C=O) groups is 2. The van der Waals surface area contributed by atoms with E-state index in [0.29, 0.717) is 0 Å². The van der Waals surface area contributed by atoms with Crippen LogP contribution in [-0.2, 0) is 19.1 Å². The van der Waals surface area contributed by atoms with E-state index in [4.69, 9.17) is 0 Å². The van der Waals surface area contributed by atoms with Crippen molar-refractivity contribution in [2.24, 2.45) is 0 Å². The van der Waals surface area contributed by atoms with E-state index >= 15 is 0 Å². The highest BCUT2D eigenvalue weighted by molar-refractivity contribution is 7.10. The predicted octanol–water partition coefficient (Wildman–Crippen LogP) is 1.87. The summed E-state index contributed by atoms with van der Waals surface area (Å²) in [6, 6.07) is 3.72. The third kappa shape index (κ3) is 3.51. The van der Waals surface area contributed by atoms with Gasteiger partial charge in [0, 0.05) is 10.5 Å². The molecule has 0 atom stereocenters. The van der Waals surface area contributed by atoms with Crippen LogP contribution < -0.4 is 0 Å². The quantitative estimate of drug-likeness (QED) is 0.595. The Bertz CT molecular complexity index is 392. The first-order valence-corrected chi connectivity index (χ1v) is 5.44. The summed E-state index contributed by atoms with van der Waals surface area (Å²) in [4.78, 5) is 23.4. The zero-order valence-corrected chi connectivity index (χ0v) is 9.87. The number of rotatable bonds is 4. The number of hydrogen-bond acceptors (Lipinski definition) is 5. The van der Waals surface area contributed by atoms with Crippen molar-refractivity contribution in [3.63, 3.8) is 0 Å². The van der Waals surface area contributed by atoms with Crippen LogP contribution in [0.4, 0.5) is 0 Å². The first-order chi connectivity index (χ1) is 7.67. The molecule has 0 fully saturated rings. The summed E-state index contributed by atoms with van der Waals surface area (Å²) in [7, 11) is 2.56. The average Bonchev–Trinajstić information content (AvgIpc) is 2.79. The molecule has 16 heavy (non-hydrogen) atoms. The fourth-order valence-corrected chi connectivity index (χ4v) is 1.77. The predicted molar refractivity (Wildman–Crippen MR) is 60.9 cm³/mol. The molecule has 0 aromatic carbocycles. The Kier molecular flexibility index (Phi) is 4.72. The van der Waals surface area contributed by atoms with Gasteiger partial charge in [-0.3, -0.25) is 4.79 Å². The molecule has 0 saturated carbocycles. The summed E-state index contributed by atoms with van der Waals surface area (Å²) in [6.45, 7) is 0. The lowest BCUT2D eigenvalue weighted by molar-refractivity contribution is -0.143. The Labute approximate surface area is 97.5 Å². The second-order valence-corrected chi connectivity index (χ2v) is 3.91. The van der Waals surface area contributed by atoms with Crippen molar-refractivity contribution in [2.75, 3.05) is 14.2 Å². The Morgan fingerprint density at radius 3 is 2.62 bits per heavy atom. The van der Waals surface area contributed by atoms with E-state index in [0.717, 1.165) is 4.88 Å². The molecule has 1 aromatic rings. The van der Waals surface area contributed by atoms with E-state index in [1.54, 1.807) is 6.08 Å². The van der Waals surface area contributed by atoms with Crippen LogP contribution in [0.1, 0.15) is 11.3 Å². The molecule has 1 aromatic heterocycles. The Hall–Kier alpha value is -1.62. The average molecular weight is 240 g/mol. The Balaban J connectivity index is 2.87. The Morgan fingerprint density at radius 1 is 1.38 bits per heavy atom. The third-order valence-electron chi connectivity index (χ3n) is 1.87. The highest BCUT2D eigenvalue weighted by Crippen LogP contribution is 2.16. The topological polar surface area (TPSA) is 52.6 Å². The van der Waals surface area contributed by atoms with E-state index in [2.05, 4.69) is 9.47 Å². The van der Waals surface area contributed by atoms with Crippen LogP contribution in [0.25, 0.3) is 6.08 Å². The lowest BCUT2D eigenvalue weighted by Crippen LogP contribution is -2.10. The van der Waals surface area contributed by atoms with Gasteiger partial charge in [0.25, 0.3) is 0 Å². The van der Waals surface area contributed by atoms with E-state index in [-0.39, 0.29) is 12.0 Å². The summed E-state index contributed by atoms with van der Waals surface area (Å²) in [5, 5.41) is 1.89. The fourth-order valence-electron chi connectivity index (χ4n) is 1.09. The second-order valence-electron chi connectivity index (χ2n) is 2.93. The van der Waals surface area contributed by atoms with E-state index in [1.165, 1.54) is 25.6 Å². The van der Waals surface area contributed by atoms with E-state index < -0.39 is 11.9 Å². The van der Waals surface area contributed by atoms with Crippen LogP contribution >= 0.6 is 11.3 Å². The second kappa shape index (κ2) is 6.07. The normalized spacial score (nSPS) is 11.0. The molecule has 0 aliphatic rings. The molecular formula is C11H12O4S. The van der Waals surface area contributed by atoms with Crippen LogP contribution in [0, 0.1) is 0 Å². The molecule has 0 saturated heterocycles. The maximum absolute atomic E-state index is 11.4. The number of methoxy groups -OCH3 is 2. The molecule has 0 aliphatic carbocycles. The Morgan fingerprint density at radius 2 is 2.12 bits per heavy atom. The monoisotopic (exact) mass is 240 g/mol. The molecule has 0 spiro atoms. The minimum absolute atomic E-state index is 0.0823. The molecule has 1 rings (SSSR count). The lowest BCUT2D eigenvalue weighted by atomic mass is 10.1. The SMILES string of the molecule is COC(=O)C/C(=C\c1cccs1)C(=O)OC. The van der Waals surface area contributed by atoms with Gasteiger partial charge in [-0.1, -0.05) is 6.07 Å². The molecule has 0 bridgehead atoms. The lowest BCUT2D eigenvalue weighted by Gasteiger charge is -2.03. The fraction of sp³-hybridized carbons (Fsp3) is 0.273. The third-order valence-corrected chi connectivity index (χ3v) is 2.69. The van der Waals surface area contributed by atoms with Crippen LogP contribution in [-0.4, -0.2) is 26.2 Å². The van der Waals surface area contributed by atoms with Gasteiger partial charge < -0.3 is 9.47 Å². The largest absolute Gasteiger partial charge is 0.469 e. The van der Waals surface area contributed by atoms with Gasteiger partial charge in [-0.05, 0) is 17.5 Å². The number of esters is 2. The van der Waals surface area contributed by atoms with Crippen molar-refractivity contribution in [1.82, 2.24) is 0 Å². The van der Waals surface area contributed by atoms with Gasteiger partial charge in [0.2, 0.25) is 0 Å². The highest BCUT2D eigenvalue weighted by Gasteiger charge is 2.14. The van der Waals surface area contributed by atoms with Crippen LogP contribution in [0.3, 0.4) is 0 Å². The summed E-state index contributed by atoms with van der Waals surface area (Å²) in [6.07, 6.45) is 1.55. The highest BCUT2D eigenvalue weighted by atomic mass is 32.1. The van der Waals surface area contributed by atoms with E-state index in [9.17, 15) is 9.59 Å². The molecular weight excluding hydrogens is 228 g/mol. The molecule has 4 nitrogen and oxygen atoms in total. The standard InChI is InChI=1S/C11H12O4S/c1-14-10(12)7-8(11(13)15-2)6-9-4-3-5-16-9/h3-6H,7H2,1-2H3/b8-6+. The van der Waals surface area contributed by atoms with Crippen LogP contribution in [0.5, 0.6) is 0 Å². The summed E-state index contributed by atoms with van der Waals surface area (Å²) in [5.74, 6) is -0.980. The molecule has 5 heteroatoms. The van der Waals surface area contributed by atoms with E-state index in [1.807, 2.05) is 17.5 Å². The van der Waals surface area contributed by atoms with Gasteiger partial charge in [0.1, 0.15) is 0 Å². The first kappa shape index (κ1) is 12.4. The van der Waals surface area contributed by atoms with Crippen molar-refractivity contribution < 1.29 is 19.1 Å². The maximum Gasteiger partial charge on any atom is 0.334 e. The zero-order chi connectivity index (χ0) is 12.0. The van der Waals surface area contributed by atoms with Gasteiger partial charge in [-0.25, -0.2) is 4.79 Å². The molecule has 0 radical (unpaired) electrons. The van der Waals surface area contributed by atoms with Gasteiger partial charge >= 0.3 is 11.9 Å². The maximum atomic E-state index is 11.4. The molecule has 0 unspecified atom stereocenters. The van der Waals surface area contributed by atoms with Gasteiger partial charge in [0.15, 0.2) is 0 Å². The van der Waals surface area contributed by atoms with Gasteiger partial charge in [-0.15, -0.1) is 11.3 Å². The summed E-state index contributed by atoms with van der Waals surface area (Å²) < 4.78 is 9.11. The minimum atomic E-state index is -0.515. The number of carbonyl (C=O) groups excluding carboxylic acids is 2. The minimum Gasteiger partial charge on any atom is -0.469 e. The zero-order valence-electron chi connectivity index (χ0n) is 9.06. The summed E-state index contributed by atoms with van der Waals surface area (Å²) >= 11 is 1.48. The molecule has 0 aliphatic heterocycles. The molecule has 1 heterocycles. The van der Waals surface area contributed by atoms with Crippen molar-refractivity contribution in [3.05, 3.63) is 28.0 Å². The van der Waals surface area contributed by atoms with Gasteiger partial charge in [0.05, 0.1) is 20.6 Å². The number of thiophene rings is 1. The molecule has 0 amide bonds. The number of hydrogen-bond donors (Lipinski definition) is 0. The number of ether oxygens (including phenoxy) is 2. The molecule has 0 N–H and O–H groups in total.